The van der Waals surface area contributed by atoms with Crippen molar-refractivity contribution in [3.63, 3.8) is 0 Å². The molecule has 56 heavy (non-hydrogen) atoms. The molecule has 0 bridgehead atoms. The van der Waals surface area contributed by atoms with Gasteiger partial charge in [0, 0.05) is 25.6 Å². The Kier molecular flexibility index (Phi) is 11.2. The predicted molar refractivity (Wildman–Crippen MR) is 209 cm³/mol. The van der Waals surface area contributed by atoms with Crippen LogP contribution in [0, 0.1) is 0 Å². The molecule has 2 aliphatic heterocycles. The Morgan fingerprint density at radius 3 is 2.12 bits per heavy atom. The first-order valence-corrected chi connectivity index (χ1v) is 19.0. The van der Waals surface area contributed by atoms with Crippen LogP contribution in [-0.2, 0) is 23.8 Å². The highest BCUT2D eigenvalue weighted by atomic mass is 16.5. The van der Waals surface area contributed by atoms with E-state index in [9.17, 15) is 19.2 Å². The van der Waals surface area contributed by atoms with Crippen molar-refractivity contribution in [2.75, 3.05) is 34.4 Å². The van der Waals surface area contributed by atoms with E-state index >= 15 is 0 Å². The molecule has 4 N–H and O–H groups in total. The Hall–Kier alpha value is -5.96. The van der Waals surface area contributed by atoms with Crippen molar-refractivity contribution < 1.29 is 33.4 Å². The number of hydrogen-bond acceptors (Lipinski definition) is 9. The first kappa shape index (κ1) is 38.3. The molecule has 5 aromatic rings. The van der Waals surface area contributed by atoms with Gasteiger partial charge < -0.3 is 44.6 Å². The largest absolute Gasteiger partial charge is 0.453 e. The van der Waals surface area contributed by atoms with Gasteiger partial charge in [0.1, 0.15) is 23.7 Å². The molecule has 2 aliphatic rings. The molecule has 5 atom stereocenters. The van der Waals surface area contributed by atoms with Crippen molar-refractivity contribution in [1.29, 1.82) is 0 Å². The molecule has 15 heteroatoms. The maximum absolute atomic E-state index is 13.6. The summed E-state index contributed by atoms with van der Waals surface area (Å²) in [6.45, 7) is 4.73. The van der Waals surface area contributed by atoms with Crippen LogP contribution in [0.2, 0.25) is 0 Å². The molecule has 0 spiro atoms. The van der Waals surface area contributed by atoms with Crippen LogP contribution in [-0.4, -0.2) is 106 Å². The summed E-state index contributed by atoms with van der Waals surface area (Å²) in [7, 11) is 4.04. The molecule has 3 aromatic carbocycles. The minimum absolute atomic E-state index is 0.140. The minimum Gasteiger partial charge on any atom is -0.453 e. The van der Waals surface area contributed by atoms with Gasteiger partial charge in [-0.3, -0.25) is 9.59 Å². The summed E-state index contributed by atoms with van der Waals surface area (Å²) in [5, 5.41) is 7.33. The van der Waals surface area contributed by atoms with Crippen LogP contribution in [0.4, 0.5) is 9.59 Å². The molecule has 294 valence electrons. The van der Waals surface area contributed by atoms with Crippen molar-refractivity contribution in [3.8, 4) is 22.4 Å². The number of hydrogen-bond donors (Lipinski definition) is 4. The summed E-state index contributed by atoms with van der Waals surface area (Å²) < 4.78 is 14.9. The second-order valence-corrected chi connectivity index (χ2v) is 14.3. The number of aromatic amines is 2. The first-order valence-electron chi connectivity index (χ1n) is 19.0. The van der Waals surface area contributed by atoms with Gasteiger partial charge in [-0.2, -0.15) is 0 Å². The number of alkyl carbamates (subject to hydrolysis) is 2. The Balaban J connectivity index is 1.07. The van der Waals surface area contributed by atoms with Crippen LogP contribution in [0.3, 0.4) is 0 Å². The van der Waals surface area contributed by atoms with Crippen LogP contribution < -0.4 is 10.6 Å². The zero-order valence-corrected chi connectivity index (χ0v) is 32.3. The number of methoxy groups -OCH3 is 3. The van der Waals surface area contributed by atoms with Crippen molar-refractivity contribution in [1.82, 2.24) is 40.4 Å². The Morgan fingerprint density at radius 1 is 0.804 bits per heavy atom. The van der Waals surface area contributed by atoms with E-state index in [4.69, 9.17) is 19.2 Å². The fourth-order valence-electron chi connectivity index (χ4n) is 7.90. The zero-order chi connectivity index (χ0) is 39.5. The minimum atomic E-state index is -0.897. The van der Waals surface area contributed by atoms with E-state index in [1.165, 1.54) is 21.3 Å². The zero-order valence-electron chi connectivity index (χ0n) is 32.3. The molecule has 4 heterocycles. The number of rotatable bonds is 11. The number of carbonyl (C=O) groups excluding carboxylic acids is 4. The first-order chi connectivity index (χ1) is 27.1. The lowest BCUT2D eigenvalue weighted by molar-refractivity contribution is -0.137. The quantitative estimate of drug-likeness (QED) is 0.125. The van der Waals surface area contributed by atoms with Gasteiger partial charge >= 0.3 is 12.2 Å². The molecule has 2 saturated heterocycles. The Labute approximate surface area is 324 Å². The molecule has 4 amide bonds. The van der Waals surface area contributed by atoms with Crippen molar-refractivity contribution in [2.45, 2.75) is 76.2 Å². The SMILES string of the molecule is CC[C@H](NC(=O)OC)C(=O)N1CCC[C@H]1c1nc2c(ccc3cc(-c4ccc(-c5cnc([C@@H]6CCCN6C(=O)[C@@H](NC(=O)OC)[C@H](C)OC)[nH]5)cc4)ccc32)[nH]1. The number of nitrogens with one attached hydrogen (secondary N) is 4. The number of nitrogens with zero attached hydrogens (tertiary/aromatic N) is 4. The van der Waals surface area contributed by atoms with Gasteiger partial charge in [-0.1, -0.05) is 49.4 Å². The second-order valence-electron chi connectivity index (χ2n) is 14.3. The third-order valence-corrected chi connectivity index (χ3v) is 11.1. The summed E-state index contributed by atoms with van der Waals surface area (Å²) in [6.07, 6.45) is 3.54. The standard InChI is InChI=1S/C41H48N8O7/c1-6-29(45-40(52)55-4)38(50)48-19-8-10-33(48)37-43-30-18-16-27-21-26(15-17-28(27)35(30)46-37)24-11-13-25(14-12-24)31-22-42-36(44-31)32-9-7-20-49(32)39(51)34(23(2)54-3)47-41(53)56-5/h11-18,21-23,29,32-34H,6-10,19-20H2,1-5H3,(H,42,44)(H,43,46)(H,45,52)(H,47,53)/t23-,29-,32-,33-,34-/m0/s1. The number of benzene rings is 3. The number of amides is 4. The number of H-pyrrole nitrogens is 2. The van der Waals surface area contributed by atoms with Crippen LogP contribution >= 0.6 is 0 Å². The van der Waals surface area contributed by atoms with Gasteiger partial charge in [-0.25, -0.2) is 19.6 Å². The van der Waals surface area contributed by atoms with Crippen LogP contribution in [0.25, 0.3) is 44.2 Å². The highest BCUT2D eigenvalue weighted by Gasteiger charge is 2.39. The molecule has 0 radical (unpaired) electrons. The molecule has 0 saturated carbocycles. The molecule has 2 fully saturated rings. The maximum atomic E-state index is 13.6. The lowest BCUT2D eigenvalue weighted by Crippen LogP contribution is -2.54. The van der Waals surface area contributed by atoms with Crippen molar-refractivity contribution >= 4 is 45.8 Å². The van der Waals surface area contributed by atoms with E-state index in [0.29, 0.717) is 25.3 Å². The smallest absolute Gasteiger partial charge is 0.407 e. The van der Waals surface area contributed by atoms with Crippen LogP contribution in [0.15, 0.2) is 60.8 Å². The van der Waals surface area contributed by atoms with Crippen molar-refractivity contribution in [3.05, 3.63) is 72.4 Å². The monoisotopic (exact) mass is 764 g/mol. The average Bonchev–Trinajstić information content (AvgIpc) is 4.07. The normalized spacial score (nSPS) is 18.5. The molecule has 0 aliphatic carbocycles. The lowest BCUT2D eigenvalue weighted by Gasteiger charge is -2.30. The molecular formula is C41H48N8O7. The summed E-state index contributed by atoms with van der Waals surface area (Å²) in [5.41, 5.74) is 5.64. The summed E-state index contributed by atoms with van der Waals surface area (Å²) in [4.78, 5) is 71.1. The van der Waals surface area contributed by atoms with Gasteiger partial charge in [0.15, 0.2) is 0 Å². The second kappa shape index (κ2) is 16.4. The van der Waals surface area contributed by atoms with E-state index in [1.807, 2.05) is 30.0 Å². The van der Waals surface area contributed by atoms with Gasteiger partial charge in [0.2, 0.25) is 11.8 Å². The number of ether oxygens (including phenoxy) is 3. The van der Waals surface area contributed by atoms with Crippen LogP contribution in [0.1, 0.15) is 69.7 Å². The van der Waals surface area contributed by atoms with Crippen molar-refractivity contribution in [2.24, 2.45) is 0 Å². The fourth-order valence-corrected chi connectivity index (χ4v) is 7.90. The van der Waals surface area contributed by atoms with E-state index in [0.717, 1.165) is 75.7 Å². The topological polar surface area (TPSA) is 184 Å². The number of carbonyl (C=O) groups is 4. The van der Waals surface area contributed by atoms with E-state index in [2.05, 4.69) is 62.0 Å². The summed E-state index contributed by atoms with van der Waals surface area (Å²) >= 11 is 0. The molecule has 0 unspecified atom stereocenters. The predicted octanol–water partition coefficient (Wildman–Crippen LogP) is 5.99. The van der Waals surface area contributed by atoms with E-state index < -0.39 is 30.4 Å². The third-order valence-electron chi connectivity index (χ3n) is 11.1. The molecule has 2 aromatic heterocycles. The number of imidazole rings is 2. The Morgan fingerprint density at radius 2 is 1.45 bits per heavy atom. The fraction of sp³-hybridized carbons (Fsp3) is 0.415. The summed E-state index contributed by atoms with van der Waals surface area (Å²) in [5.74, 6) is 1.04. The number of fused-ring (bicyclic) bond motifs is 3. The third kappa shape index (κ3) is 7.50. The highest BCUT2D eigenvalue weighted by molar-refractivity contribution is 6.05. The van der Waals surface area contributed by atoms with E-state index in [1.54, 1.807) is 18.0 Å². The van der Waals surface area contributed by atoms with Gasteiger partial charge in [-0.15, -0.1) is 0 Å². The van der Waals surface area contributed by atoms with Crippen LogP contribution in [0.5, 0.6) is 0 Å². The van der Waals surface area contributed by atoms with Gasteiger partial charge in [0.25, 0.3) is 0 Å². The number of aromatic nitrogens is 4. The molecular weight excluding hydrogens is 716 g/mol. The highest BCUT2D eigenvalue weighted by Crippen LogP contribution is 2.36. The lowest BCUT2D eigenvalue weighted by atomic mass is 9.99. The average molecular weight is 765 g/mol. The number of likely N-dealkylation sites (tertiary alicyclic amines) is 2. The molecule has 7 rings (SSSR count). The van der Waals surface area contributed by atoms with Gasteiger partial charge in [0.05, 0.1) is 55.3 Å². The van der Waals surface area contributed by atoms with E-state index in [-0.39, 0.29) is 23.9 Å². The summed E-state index contributed by atoms with van der Waals surface area (Å²) in [6, 6.07) is 16.6. The molecule has 15 nitrogen and oxygen atoms in total. The van der Waals surface area contributed by atoms with Gasteiger partial charge in [-0.05, 0) is 73.2 Å². The Bertz CT molecular complexity index is 2230. The maximum Gasteiger partial charge on any atom is 0.407 e.